The molecule has 2 aromatic rings. The molecule has 3 heteroatoms. The third-order valence-corrected chi connectivity index (χ3v) is 3.48. The van der Waals surface area contributed by atoms with Crippen LogP contribution in [0.2, 0.25) is 0 Å². The molecule has 1 aromatic heterocycles. The predicted octanol–water partition coefficient (Wildman–Crippen LogP) is 3.82. The van der Waals surface area contributed by atoms with Crippen molar-refractivity contribution in [1.82, 2.24) is 9.97 Å². The minimum Gasteiger partial charge on any atom is -0.311 e. The van der Waals surface area contributed by atoms with Gasteiger partial charge >= 0.3 is 0 Å². The van der Waals surface area contributed by atoms with Gasteiger partial charge in [-0.05, 0) is 44.9 Å². The summed E-state index contributed by atoms with van der Waals surface area (Å²) in [6.45, 7) is 5.06. The van der Waals surface area contributed by atoms with Crippen LogP contribution in [0.15, 0.2) is 36.4 Å². The highest BCUT2D eigenvalue weighted by molar-refractivity contribution is 5.57. The van der Waals surface area contributed by atoms with Gasteiger partial charge in [0.05, 0.1) is 0 Å². The summed E-state index contributed by atoms with van der Waals surface area (Å²) in [5.41, 5.74) is 3.41. The Morgan fingerprint density at radius 1 is 1.16 bits per heavy atom. The van der Waals surface area contributed by atoms with Gasteiger partial charge in [0.1, 0.15) is 0 Å². The summed E-state index contributed by atoms with van der Waals surface area (Å²) in [6.07, 6.45) is 2.54. The average molecular weight is 253 g/mol. The quantitative estimate of drug-likeness (QED) is 0.829. The Morgan fingerprint density at radius 2 is 1.89 bits per heavy atom. The monoisotopic (exact) mass is 253 g/mol. The first-order valence-corrected chi connectivity index (χ1v) is 6.96. The molecule has 1 saturated carbocycles. The number of para-hydroxylation sites is 1. The largest absolute Gasteiger partial charge is 0.311 e. The minimum atomic E-state index is 0.662. The van der Waals surface area contributed by atoms with Crippen molar-refractivity contribution in [2.24, 2.45) is 0 Å². The van der Waals surface area contributed by atoms with E-state index in [2.05, 4.69) is 54.1 Å². The van der Waals surface area contributed by atoms with E-state index in [0.717, 1.165) is 23.9 Å². The summed E-state index contributed by atoms with van der Waals surface area (Å²) >= 11 is 0. The van der Waals surface area contributed by atoms with E-state index in [1.165, 1.54) is 18.5 Å². The maximum Gasteiger partial charge on any atom is 0.230 e. The molecule has 0 radical (unpaired) electrons. The van der Waals surface area contributed by atoms with Crippen LogP contribution >= 0.6 is 0 Å². The van der Waals surface area contributed by atoms with E-state index in [9.17, 15) is 0 Å². The normalized spacial score (nSPS) is 14.4. The van der Waals surface area contributed by atoms with E-state index in [-0.39, 0.29) is 0 Å². The average Bonchev–Trinajstić information content (AvgIpc) is 3.24. The molecule has 1 aliphatic rings. The van der Waals surface area contributed by atoms with Crippen molar-refractivity contribution in [3.05, 3.63) is 47.8 Å². The van der Waals surface area contributed by atoms with Gasteiger partial charge in [-0.3, -0.25) is 0 Å². The predicted molar refractivity (Wildman–Crippen MR) is 77.9 cm³/mol. The molecule has 0 N–H and O–H groups in total. The Labute approximate surface area is 114 Å². The van der Waals surface area contributed by atoms with Gasteiger partial charge in [0, 0.05) is 29.5 Å². The molecule has 3 nitrogen and oxygen atoms in total. The van der Waals surface area contributed by atoms with Crippen molar-refractivity contribution < 1.29 is 0 Å². The van der Waals surface area contributed by atoms with Gasteiger partial charge in [-0.2, -0.15) is 0 Å². The second-order valence-electron chi connectivity index (χ2n) is 5.09. The number of hydrogen-bond acceptors (Lipinski definition) is 3. The van der Waals surface area contributed by atoms with E-state index < -0.39 is 0 Å². The van der Waals surface area contributed by atoms with Crippen molar-refractivity contribution in [3.63, 3.8) is 0 Å². The number of benzene rings is 1. The maximum atomic E-state index is 4.76. The van der Waals surface area contributed by atoms with Gasteiger partial charge in [0.15, 0.2) is 0 Å². The zero-order valence-electron chi connectivity index (χ0n) is 11.5. The lowest BCUT2D eigenvalue weighted by molar-refractivity contribution is 0.894. The first kappa shape index (κ1) is 12.2. The molecular weight excluding hydrogens is 234 g/mol. The van der Waals surface area contributed by atoms with Gasteiger partial charge in [-0.1, -0.05) is 18.2 Å². The summed E-state index contributed by atoms with van der Waals surface area (Å²) in [5.74, 6) is 1.49. The topological polar surface area (TPSA) is 29.0 Å². The number of hydrogen-bond donors (Lipinski definition) is 0. The van der Waals surface area contributed by atoms with Gasteiger partial charge in [-0.25, -0.2) is 9.97 Å². The molecule has 19 heavy (non-hydrogen) atoms. The van der Waals surface area contributed by atoms with Crippen molar-refractivity contribution in [3.8, 4) is 0 Å². The maximum absolute atomic E-state index is 4.76. The van der Waals surface area contributed by atoms with Crippen molar-refractivity contribution in [2.75, 3.05) is 11.4 Å². The summed E-state index contributed by atoms with van der Waals surface area (Å²) in [4.78, 5) is 11.5. The van der Waals surface area contributed by atoms with Gasteiger partial charge in [-0.15, -0.1) is 0 Å². The lowest BCUT2D eigenvalue weighted by atomic mass is 10.2. The molecule has 0 atom stereocenters. The number of aryl methyl sites for hydroxylation is 1. The Hall–Kier alpha value is -1.90. The smallest absolute Gasteiger partial charge is 0.230 e. The lowest BCUT2D eigenvalue weighted by Gasteiger charge is -2.21. The second kappa shape index (κ2) is 5.00. The standard InChI is InChI=1S/C16H19N3/c1-3-19(14-7-5-4-6-8-14)16-17-12(2)11-15(18-16)13-9-10-13/h4-8,11,13H,3,9-10H2,1-2H3. The molecular formula is C16H19N3. The van der Waals surface area contributed by atoms with Crippen molar-refractivity contribution in [1.29, 1.82) is 0 Å². The fourth-order valence-electron chi connectivity index (χ4n) is 2.33. The van der Waals surface area contributed by atoms with Crippen LogP contribution in [0.4, 0.5) is 11.6 Å². The minimum absolute atomic E-state index is 0.662. The molecule has 0 bridgehead atoms. The Bertz CT molecular complexity index is 561. The molecule has 3 rings (SSSR count). The van der Waals surface area contributed by atoms with Gasteiger partial charge in [0.25, 0.3) is 0 Å². The van der Waals surface area contributed by atoms with Crippen LogP contribution in [-0.4, -0.2) is 16.5 Å². The van der Waals surface area contributed by atoms with E-state index in [1.807, 2.05) is 6.07 Å². The molecule has 0 saturated heterocycles. The van der Waals surface area contributed by atoms with Crippen LogP contribution in [-0.2, 0) is 0 Å². The SMILES string of the molecule is CCN(c1ccccc1)c1nc(C)cc(C2CC2)n1. The van der Waals surface area contributed by atoms with Crippen LogP contribution in [0.1, 0.15) is 37.1 Å². The van der Waals surface area contributed by atoms with Gasteiger partial charge < -0.3 is 4.90 Å². The highest BCUT2D eigenvalue weighted by atomic mass is 15.3. The van der Waals surface area contributed by atoms with Crippen LogP contribution in [0.5, 0.6) is 0 Å². The number of anilines is 2. The van der Waals surface area contributed by atoms with Gasteiger partial charge in [0.2, 0.25) is 5.95 Å². The van der Waals surface area contributed by atoms with E-state index in [4.69, 9.17) is 4.98 Å². The molecule has 0 spiro atoms. The molecule has 1 fully saturated rings. The van der Waals surface area contributed by atoms with E-state index in [1.54, 1.807) is 0 Å². The summed E-state index contributed by atoms with van der Waals surface area (Å²) in [5, 5.41) is 0. The number of nitrogens with zero attached hydrogens (tertiary/aromatic N) is 3. The summed E-state index contributed by atoms with van der Waals surface area (Å²) in [6, 6.07) is 12.5. The van der Waals surface area contributed by atoms with Crippen molar-refractivity contribution in [2.45, 2.75) is 32.6 Å². The van der Waals surface area contributed by atoms with Crippen LogP contribution in [0.25, 0.3) is 0 Å². The molecule has 0 aliphatic heterocycles. The molecule has 0 unspecified atom stereocenters. The zero-order chi connectivity index (χ0) is 13.2. The Kier molecular flexibility index (Phi) is 3.20. The zero-order valence-corrected chi connectivity index (χ0v) is 11.5. The fraction of sp³-hybridized carbons (Fsp3) is 0.375. The van der Waals surface area contributed by atoms with Crippen LogP contribution in [0.3, 0.4) is 0 Å². The molecule has 98 valence electrons. The fourth-order valence-corrected chi connectivity index (χ4v) is 2.33. The highest BCUT2D eigenvalue weighted by Crippen LogP contribution is 2.39. The number of rotatable bonds is 4. The Morgan fingerprint density at radius 3 is 2.53 bits per heavy atom. The first-order valence-electron chi connectivity index (χ1n) is 6.96. The lowest BCUT2D eigenvalue weighted by Crippen LogP contribution is -2.19. The number of aromatic nitrogens is 2. The van der Waals surface area contributed by atoms with Crippen LogP contribution in [0, 0.1) is 6.92 Å². The molecule has 1 heterocycles. The highest BCUT2D eigenvalue weighted by Gasteiger charge is 2.26. The summed E-state index contributed by atoms with van der Waals surface area (Å²) < 4.78 is 0. The van der Waals surface area contributed by atoms with E-state index >= 15 is 0 Å². The second-order valence-corrected chi connectivity index (χ2v) is 5.09. The molecule has 0 amide bonds. The third kappa shape index (κ3) is 2.60. The first-order chi connectivity index (χ1) is 9.28. The molecule has 1 aliphatic carbocycles. The molecule has 1 aromatic carbocycles. The van der Waals surface area contributed by atoms with Crippen LogP contribution < -0.4 is 4.90 Å². The summed E-state index contributed by atoms with van der Waals surface area (Å²) in [7, 11) is 0. The van der Waals surface area contributed by atoms with Crippen molar-refractivity contribution >= 4 is 11.6 Å². The van der Waals surface area contributed by atoms with E-state index in [0.29, 0.717) is 5.92 Å². The third-order valence-electron chi connectivity index (χ3n) is 3.48. The Balaban J connectivity index is 1.99.